The van der Waals surface area contributed by atoms with Crippen molar-refractivity contribution in [2.45, 2.75) is 0 Å². The number of halogens is 2. The van der Waals surface area contributed by atoms with Crippen molar-refractivity contribution in [3.63, 3.8) is 0 Å². The van der Waals surface area contributed by atoms with Gasteiger partial charge in [-0.15, -0.1) is 0 Å². The van der Waals surface area contributed by atoms with Gasteiger partial charge in [-0.05, 0) is 22.0 Å². The van der Waals surface area contributed by atoms with Gasteiger partial charge in [-0.2, -0.15) is 0 Å². The zero-order chi connectivity index (χ0) is 10.3. The Bertz CT molecular complexity index is 418. The minimum atomic E-state index is -1.35. The van der Waals surface area contributed by atoms with Crippen LogP contribution in [0.2, 0.25) is 0 Å². The van der Waals surface area contributed by atoms with Gasteiger partial charge in [-0.3, -0.25) is 0 Å². The van der Waals surface area contributed by atoms with Gasteiger partial charge in [-0.1, -0.05) is 0 Å². The van der Waals surface area contributed by atoms with Gasteiger partial charge in [0.25, 0.3) is 0 Å². The number of ether oxygens (including phenoxy) is 2. The number of rotatable bonds is 1. The van der Waals surface area contributed by atoms with E-state index in [2.05, 4.69) is 15.9 Å². The van der Waals surface area contributed by atoms with Crippen LogP contribution in [0.25, 0.3) is 0 Å². The fourth-order valence-electron chi connectivity index (χ4n) is 1.17. The molecule has 0 radical (unpaired) electrons. The Kier molecular flexibility index (Phi) is 2.07. The first kappa shape index (κ1) is 9.26. The van der Waals surface area contributed by atoms with Gasteiger partial charge in [-0.25, -0.2) is 9.18 Å². The molecule has 0 unspecified atom stereocenters. The molecule has 0 aromatic heterocycles. The number of aromatic carboxylic acids is 1. The third-order valence-corrected chi connectivity index (χ3v) is 2.40. The molecule has 1 N–H and O–H groups in total. The lowest BCUT2D eigenvalue weighted by molar-refractivity contribution is 0.0689. The number of fused-ring (bicyclic) bond motifs is 1. The molecule has 74 valence electrons. The topological polar surface area (TPSA) is 55.8 Å². The lowest BCUT2D eigenvalue weighted by Gasteiger charge is -2.03. The second kappa shape index (κ2) is 3.13. The highest BCUT2D eigenvalue weighted by Gasteiger charge is 2.27. The van der Waals surface area contributed by atoms with E-state index in [4.69, 9.17) is 14.6 Å². The molecule has 14 heavy (non-hydrogen) atoms. The molecule has 1 aliphatic heterocycles. The van der Waals surface area contributed by atoms with Crippen molar-refractivity contribution in [2.24, 2.45) is 0 Å². The quantitative estimate of drug-likeness (QED) is 0.842. The lowest BCUT2D eigenvalue weighted by Crippen LogP contribution is -2.02. The van der Waals surface area contributed by atoms with Gasteiger partial charge >= 0.3 is 5.97 Å². The Morgan fingerprint density at radius 2 is 2.29 bits per heavy atom. The second-order valence-electron chi connectivity index (χ2n) is 2.59. The minimum Gasteiger partial charge on any atom is -0.478 e. The molecule has 0 aliphatic carbocycles. The summed E-state index contributed by atoms with van der Waals surface area (Å²) in [5.41, 5.74) is -0.450. The molecule has 0 amide bonds. The van der Waals surface area contributed by atoms with Crippen LogP contribution in [0.4, 0.5) is 4.39 Å². The molecule has 2 rings (SSSR count). The van der Waals surface area contributed by atoms with E-state index in [1.54, 1.807) is 0 Å². The maximum atomic E-state index is 13.5. The molecule has 4 nitrogen and oxygen atoms in total. The Morgan fingerprint density at radius 1 is 1.57 bits per heavy atom. The van der Waals surface area contributed by atoms with E-state index in [0.717, 1.165) is 0 Å². The van der Waals surface area contributed by atoms with Gasteiger partial charge in [0.15, 0.2) is 11.6 Å². The molecule has 1 aromatic rings. The van der Waals surface area contributed by atoms with E-state index < -0.39 is 17.3 Å². The maximum absolute atomic E-state index is 13.5. The highest BCUT2D eigenvalue weighted by Crippen LogP contribution is 2.40. The second-order valence-corrected chi connectivity index (χ2v) is 3.44. The summed E-state index contributed by atoms with van der Waals surface area (Å²) in [4.78, 5) is 10.7. The van der Waals surface area contributed by atoms with Crippen molar-refractivity contribution in [3.05, 3.63) is 21.9 Å². The average Bonchev–Trinajstić information content (AvgIpc) is 2.50. The Morgan fingerprint density at radius 3 is 2.93 bits per heavy atom. The van der Waals surface area contributed by atoms with E-state index in [1.165, 1.54) is 6.07 Å². The van der Waals surface area contributed by atoms with E-state index in [9.17, 15) is 9.18 Å². The summed E-state index contributed by atoms with van der Waals surface area (Å²) in [5, 5.41) is 8.71. The third-order valence-electron chi connectivity index (χ3n) is 1.77. The Balaban J connectivity index is 2.68. The van der Waals surface area contributed by atoms with E-state index in [1.807, 2.05) is 0 Å². The Hall–Kier alpha value is -1.30. The van der Waals surface area contributed by atoms with Crippen LogP contribution in [0.3, 0.4) is 0 Å². The number of hydrogen-bond donors (Lipinski definition) is 1. The summed E-state index contributed by atoms with van der Waals surface area (Å²) in [6.07, 6.45) is 0. The maximum Gasteiger partial charge on any atom is 0.340 e. The molecule has 0 fully saturated rings. The predicted octanol–water partition coefficient (Wildman–Crippen LogP) is 2.02. The van der Waals surface area contributed by atoms with Crippen LogP contribution in [0.1, 0.15) is 10.4 Å². The first-order valence-corrected chi connectivity index (χ1v) is 4.41. The summed E-state index contributed by atoms with van der Waals surface area (Å²) < 4.78 is 23.3. The summed E-state index contributed by atoms with van der Waals surface area (Å²) in [6.45, 7) is -0.0955. The largest absolute Gasteiger partial charge is 0.478 e. The SMILES string of the molecule is O=C(O)c1c(Br)cc2c(c1F)OCO2. The molecule has 0 atom stereocenters. The van der Waals surface area contributed by atoms with Crippen molar-refractivity contribution in [1.29, 1.82) is 0 Å². The van der Waals surface area contributed by atoms with E-state index in [0.29, 0.717) is 0 Å². The van der Waals surface area contributed by atoms with Crippen LogP contribution in [0.5, 0.6) is 11.5 Å². The van der Waals surface area contributed by atoms with Crippen LogP contribution in [0.15, 0.2) is 10.5 Å². The molecule has 0 saturated carbocycles. The van der Waals surface area contributed by atoms with Crippen LogP contribution in [-0.4, -0.2) is 17.9 Å². The fourth-order valence-corrected chi connectivity index (χ4v) is 1.72. The zero-order valence-corrected chi connectivity index (χ0v) is 8.30. The van der Waals surface area contributed by atoms with Gasteiger partial charge in [0.1, 0.15) is 5.56 Å². The van der Waals surface area contributed by atoms with E-state index in [-0.39, 0.29) is 22.8 Å². The van der Waals surface area contributed by atoms with Crippen molar-refractivity contribution < 1.29 is 23.8 Å². The molecular weight excluding hydrogens is 259 g/mol. The highest BCUT2D eigenvalue weighted by atomic mass is 79.9. The van der Waals surface area contributed by atoms with Gasteiger partial charge in [0.2, 0.25) is 12.5 Å². The van der Waals surface area contributed by atoms with Crippen molar-refractivity contribution in [2.75, 3.05) is 6.79 Å². The fraction of sp³-hybridized carbons (Fsp3) is 0.125. The number of carboxylic acids is 1. The highest BCUT2D eigenvalue weighted by molar-refractivity contribution is 9.10. The van der Waals surface area contributed by atoms with Crippen molar-refractivity contribution >= 4 is 21.9 Å². The first-order valence-electron chi connectivity index (χ1n) is 3.62. The van der Waals surface area contributed by atoms with Gasteiger partial charge in [0.05, 0.1) is 0 Å². The van der Waals surface area contributed by atoms with Crippen LogP contribution in [-0.2, 0) is 0 Å². The number of benzene rings is 1. The third kappa shape index (κ3) is 1.22. The van der Waals surface area contributed by atoms with Gasteiger partial charge < -0.3 is 14.6 Å². The van der Waals surface area contributed by atoms with Crippen LogP contribution < -0.4 is 9.47 Å². The number of carbonyl (C=O) groups is 1. The summed E-state index contributed by atoms with van der Waals surface area (Å²) in [5.74, 6) is -2.21. The molecule has 0 saturated heterocycles. The Labute approximate surface area is 86.4 Å². The minimum absolute atomic E-state index is 0.0955. The molecular formula is C8H4BrFO4. The first-order chi connectivity index (χ1) is 6.61. The molecule has 0 bridgehead atoms. The summed E-state index contributed by atoms with van der Waals surface area (Å²) in [7, 11) is 0. The van der Waals surface area contributed by atoms with Crippen molar-refractivity contribution in [1.82, 2.24) is 0 Å². The summed E-state index contributed by atoms with van der Waals surface area (Å²) >= 11 is 2.94. The smallest absolute Gasteiger partial charge is 0.340 e. The molecule has 0 spiro atoms. The monoisotopic (exact) mass is 262 g/mol. The lowest BCUT2D eigenvalue weighted by atomic mass is 10.2. The summed E-state index contributed by atoms with van der Waals surface area (Å²) in [6, 6.07) is 1.37. The van der Waals surface area contributed by atoms with E-state index >= 15 is 0 Å². The zero-order valence-electron chi connectivity index (χ0n) is 6.71. The average molecular weight is 263 g/mol. The number of hydrogen-bond acceptors (Lipinski definition) is 3. The standard InChI is InChI=1S/C8H4BrFO4/c9-3-1-4-7(14-2-13-4)6(10)5(3)8(11)12/h1H,2H2,(H,11,12). The van der Waals surface area contributed by atoms with Crippen LogP contribution >= 0.6 is 15.9 Å². The van der Waals surface area contributed by atoms with Crippen molar-refractivity contribution in [3.8, 4) is 11.5 Å². The molecule has 1 aliphatic rings. The van der Waals surface area contributed by atoms with Gasteiger partial charge in [0, 0.05) is 4.47 Å². The number of carboxylic acid groups (broad SMARTS) is 1. The molecule has 1 aromatic carbocycles. The predicted molar refractivity (Wildman–Crippen MR) is 47.2 cm³/mol. The molecule has 6 heteroatoms. The normalized spacial score (nSPS) is 13.0. The molecule has 1 heterocycles. The van der Waals surface area contributed by atoms with Crippen LogP contribution in [0, 0.1) is 5.82 Å².